The summed E-state index contributed by atoms with van der Waals surface area (Å²) in [6.07, 6.45) is 1.59. The summed E-state index contributed by atoms with van der Waals surface area (Å²) in [5.41, 5.74) is 2.23. The largest absolute Gasteiger partial charge is 0.343 e. The van der Waals surface area contributed by atoms with Crippen LogP contribution >= 0.6 is 0 Å². The molecule has 1 fully saturated rings. The number of piperazine rings is 1. The van der Waals surface area contributed by atoms with Crippen molar-refractivity contribution in [1.82, 2.24) is 10.2 Å². The van der Waals surface area contributed by atoms with E-state index in [1.165, 1.54) is 0 Å². The summed E-state index contributed by atoms with van der Waals surface area (Å²) in [7, 11) is 0. The normalized spacial score (nSPS) is 19.5. The molecule has 0 saturated carbocycles. The summed E-state index contributed by atoms with van der Waals surface area (Å²) in [5.74, 6) is -0.0336. The van der Waals surface area contributed by atoms with Crippen molar-refractivity contribution >= 4 is 11.8 Å². The van der Waals surface area contributed by atoms with Crippen LogP contribution in [0, 0.1) is 6.92 Å². The van der Waals surface area contributed by atoms with E-state index in [1.807, 2.05) is 32.0 Å². The first kappa shape index (κ1) is 13.6. The van der Waals surface area contributed by atoms with Crippen LogP contribution in [-0.4, -0.2) is 29.3 Å². The fourth-order valence-electron chi connectivity index (χ4n) is 2.42. The van der Waals surface area contributed by atoms with Crippen molar-refractivity contribution in [2.24, 2.45) is 0 Å². The van der Waals surface area contributed by atoms with Gasteiger partial charge in [-0.25, -0.2) is 0 Å². The summed E-state index contributed by atoms with van der Waals surface area (Å²) in [5, 5.41) is 2.76. The van der Waals surface area contributed by atoms with Crippen LogP contribution in [-0.2, 0) is 16.1 Å². The van der Waals surface area contributed by atoms with Crippen LogP contribution in [0.4, 0.5) is 0 Å². The van der Waals surface area contributed by atoms with E-state index in [1.54, 1.807) is 4.90 Å². The highest BCUT2D eigenvalue weighted by molar-refractivity contribution is 5.94. The summed E-state index contributed by atoms with van der Waals surface area (Å²) < 4.78 is 0. The number of nitrogens with one attached hydrogen (secondary N) is 1. The van der Waals surface area contributed by atoms with Crippen molar-refractivity contribution in [2.75, 3.05) is 6.54 Å². The molecule has 0 bridgehead atoms. The SMILES string of the molecule is CCCC1NC(=O)CN(Cc2cccc(C)c2)C1=O. The zero-order valence-corrected chi connectivity index (χ0v) is 11.5. The minimum atomic E-state index is -0.351. The first-order valence-electron chi connectivity index (χ1n) is 6.74. The second kappa shape index (κ2) is 5.87. The Bertz CT molecular complexity index is 485. The van der Waals surface area contributed by atoms with Crippen LogP contribution in [0.15, 0.2) is 24.3 Å². The Balaban J connectivity index is 2.10. The van der Waals surface area contributed by atoms with E-state index in [9.17, 15) is 9.59 Å². The van der Waals surface area contributed by atoms with Gasteiger partial charge < -0.3 is 10.2 Å². The van der Waals surface area contributed by atoms with Crippen LogP contribution in [0.2, 0.25) is 0 Å². The molecule has 2 amide bonds. The van der Waals surface area contributed by atoms with Gasteiger partial charge in [-0.1, -0.05) is 43.2 Å². The number of carbonyl (C=O) groups is 2. The Morgan fingerprint density at radius 3 is 2.84 bits per heavy atom. The molecule has 1 aromatic carbocycles. The average molecular weight is 260 g/mol. The number of hydrogen-bond donors (Lipinski definition) is 1. The predicted molar refractivity (Wildman–Crippen MR) is 73.4 cm³/mol. The van der Waals surface area contributed by atoms with Gasteiger partial charge in [0.1, 0.15) is 6.04 Å². The maximum atomic E-state index is 12.3. The number of carbonyl (C=O) groups excluding carboxylic acids is 2. The van der Waals surface area contributed by atoms with Gasteiger partial charge in [0.05, 0.1) is 6.54 Å². The van der Waals surface area contributed by atoms with E-state index in [-0.39, 0.29) is 24.4 Å². The second-order valence-corrected chi connectivity index (χ2v) is 5.09. The summed E-state index contributed by atoms with van der Waals surface area (Å²) in [6.45, 7) is 4.70. The zero-order valence-electron chi connectivity index (χ0n) is 11.5. The quantitative estimate of drug-likeness (QED) is 0.894. The number of rotatable bonds is 4. The Morgan fingerprint density at radius 2 is 2.16 bits per heavy atom. The lowest BCUT2D eigenvalue weighted by Gasteiger charge is -2.32. The highest BCUT2D eigenvalue weighted by atomic mass is 16.2. The Labute approximate surface area is 113 Å². The molecule has 0 radical (unpaired) electrons. The summed E-state index contributed by atoms with van der Waals surface area (Å²) >= 11 is 0. The Kier molecular flexibility index (Phi) is 4.20. The lowest BCUT2D eigenvalue weighted by atomic mass is 10.1. The molecule has 1 saturated heterocycles. The van der Waals surface area contributed by atoms with E-state index in [0.717, 1.165) is 17.5 Å². The van der Waals surface area contributed by atoms with Crippen LogP contribution in [0.1, 0.15) is 30.9 Å². The van der Waals surface area contributed by atoms with Crippen molar-refractivity contribution in [2.45, 2.75) is 39.3 Å². The molecule has 102 valence electrons. The highest BCUT2D eigenvalue weighted by Crippen LogP contribution is 2.13. The fourth-order valence-corrected chi connectivity index (χ4v) is 2.42. The molecule has 0 aromatic heterocycles. The number of aryl methyl sites for hydroxylation is 1. The zero-order chi connectivity index (χ0) is 13.8. The van der Waals surface area contributed by atoms with Crippen molar-refractivity contribution in [3.05, 3.63) is 35.4 Å². The molecular weight excluding hydrogens is 240 g/mol. The standard InChI is InChI=1S/C15H20N2O2/c1-3-5-13-15(19)17(10-14(18)16-13)9-12-7-4-6-11(2)8-12/h4,6-8,13H,3,5,9-10H2,1-2H3,(H,16,18). The Morgan fingerprint density at radius 1 is 1.37 bits per heavy atom. The van der Waals surface area contributed by atoms with Crippen molar-refractivity contribution in [3.63, 3.8) is 0 Å². The number of nitrogens with zero attached hydrogens (tertiary/aromatic N) is 1. The molecule has 1 aliphatic heterocycles. The highest BCUT2D eigenvalue weighted by Gasteiger charge is 2.31. The molecule has 1 unspecified atom stereocenters. The minimum Gasteiger partial charge on any atom is -0.343 e. The predicted octanol–water partition coefficient (Wildman–Crippen LogP) is 1.62. The number of benzene rings is 1. The van der Waals surface area contributed by atoms with E-state index in [0.29, 0.717) is 13.0 Å². The smallest absolute Gasteiger partial charge is 0.245 e. The first-order valence-corrected chi connectivity index (χ1v) is 6.74. The maximum absolute atomic E-state index is 12.3. The minimum absolute atomic E-state index is 0.0305. The van der Waals surface area contributed by atoms with Gasteiger partial charge in [-0.05, 0) is 18.9 Å². The van der Waals surface area contributed by atoms with Crippen LogP contribution in [0.3, 0.4) is 0 Å². The molecule has 1 N–H and O–H groups in total. The van der Waals surface area contributed by atoms with Crippen LogP contribution in [0.5, 0.6) is 0 Å². The van der Waals surface area contributed by atoms with Gasteiger partial charge >= 0.3 is 0 Å². The van der Waals surface area contributed by atoms with Crippen molar-refractivity contribution in [3.8, 4) is 0 Å². The summed E-state index contributed by atoms with van der Waals surface area (Å²) in [6, 6.07) is 7.68. The average Bonchev–Trinajstić information content (AvgIpc) is 2.35. The lowest BCUT2D eigenvalue weighted by Crippen LogP contribution is -2.57. The molecule has 0 aliphatic carbocycles. The van der Waals surface area contributed by atoms with Crippen molar-refractivity contribution < 1.29 is 9.59 Å². The lowest BCUT2D eigenvalue weighted by molar-refractivity contribution is -0.145. The van der Waals surface area contributed by atoms with Crippen LogP contribution < -0.4 is 5.32 Å². The molecule has 0 spiro atoms. The van der Waals surface area contributed by atoms with Gasteiger partial charge in [-0.15, -0.1) is 0 Å². The molecular formula is C15H20N2O2. The molecule has 4 heteroatoms. The van der Waals surface area contributed by atoms with Crippen molar-refractivity contribution in [1.29, 1.82) is 0 Å². The van der Waals surface area contributed by atoms with Crippen LogP contribution in [0.25, 0.3) is 0 Å². The first-order chi connectivity index (χ1) is 9.10. The summed E-state index contributed by atoms with van der Waals surface area (Å²) in [4.78, 5) is 25.6. The van der Waals surface area contributed by atoms with Gasteiger partial charge in [-0.2, -0.15) is 0 Å². The van der Waals surface area contributed by atoms with Gasteiger partial charge in [-0.3, -0.25) is 9.59 Å². The molecule has 4 nitrogen and oxygen atoms in total. The molecule has 1 atom stereocenters. The third-order valence-electron chi connectivity index (χ3n) is 3.31. The number of amides is 2. The molecule has 1 aromatic rings. The van der Waals surface area contributed by atoms with Gasteiger partial charge in [0.15, 0.2) is 0 Å². The fraction of sp³-hybridized carbons (Fsp3) is 0.467. The van der Waals surface area contributed by atoms with Gasteiger partial charge in [0, 0.05) is 6.54 Å². The Hall–Kier alpha value is -1.84. The van der Waals surface area contributed by atoms with E-state index >= 15 is 0 Å². The maximum Gasteiger partial charge on any atom is 0.245 e. The molecule has 1 aliphatic rings. The second-order valence-electron chi connectivity index (χ2n) is 5.09. The number of hydrogen-bond acceptors (Lipinski definition) is 2. The third-order valence-corrected chi connectivity index (χ3v) is 3.31. The molecule has 1 heterocycles. The van der Waals surface area contributed by atoms with Gasteiger partial charge in [0.25, 0.3) is 0 Å². The molecule has 2 rings (SSSR count). The monoisotopic (exact) mass is 260 g/mol. The van der Waals surface area contributed by atoms with E-state index in [4.69, 9.17) is 0 Å². The third kappa shape index (κ3) is 3.34. The van der Waals surface area contributed by atoms with E-state index in [2.05, 4.69) is 11.4 Å². The molecule has 19 heavy (non-hydrogen) atoms. The van der Waals surface area contributed by atoms with Gasteiger partial charge in [0.2, 0.25) is 11.8 Å². The van der Waals surface area contributed by atoms with E-state index < -0.39 is 0 Å². The topological polar surface area (TPSA) is 49.4 Å².